The Balaban J connectivity index is 1.61. The minimum Gasteiger partial charge on any atom is -0.447 e. The number of imide groups is 1. The lowest BCUT2D eigenvalue weighted by atomic mass is 10.00. The Bertz CT molecular complexity index is 824. The number of anilines is 1. The van der Waals surface area contributed by atoms with Gasteiger partial charge >= 0.3 is 12.1 Å². The highest BCUT2D eigenvalue weighted by molar-refractivity contribution is 6.02. The Kier molecular flexibility index (Phi) is 4.34. The number of urea groups is 1. The van der Waals surface area contributed by atoms with Gasteiger partial charge in [0.25, 0.3) is 0 Å². The highest BCUT2D eigenvalue weighted by atomic mass is 16.6. The number of hydrogen-bond acceptors (Lipinski definition) is 4. The van der Waals surface area contributed by atoms with Crippen LogP contribution in [0.4, 0.5) is 15.3 Å². The van der Waals surface area contributed by atoms with Crippen molar-refractivity contribution in [2.45, 2.75) is 25.0 Å². The van der Waals surface area contributed by atoms with Crippen molar-refractivity contribution in [3.05, 3.63) is 65.7 Å². The van der Waals surface area contributed by atoms with E-state index in [1.54, 1.807) is 0 Å². The lowest BCUT2D eigenvalue weighted by Gasteiger charge is -2.35. The van der Waals surface area contributed by atoms with Crippen molar-refractivity contribution in [1.82, 2.24) is 4.90 Å². The number of para-hydroxylation sites is 1. The van der Waals surface area contributed by atoms with Crippen LogP contribution in [0.15, 0.2) is 54.6 Å². The molecular weight excluding hydrogens is 332 g/mol. The third kappa shape index (κ3) is 3.04. The van der Waals surface area contributed by atoms with E-state index in [9.17, 15) is 14.7 Å². The molecule has 0 radical (unpaired) electrons. The van der Waals surface area contributed by atoms with Gasteiger partial charge in [-0.2, -0.15) is 0 Å². The van der Waals surface area contributed by atoms with Crippen molar-refractivity contribution >= 4 is 17.8 Å². The molecule has 0 unspecified atom stereocenters. The Hall–Kier alpha value is -2.86. The van der Waals surface area contributed by atoms with Crippen LogP contribution >= 0.6 is 0 Å². The SMILES string of the molecule is O=C1OC[C@H](Cc2ccccc2)N1C(=O)N1C[C@@H](O)Cc2ccccc21. The van der Waals surface area contributed by atoms with Crippen molar-refractivity contribution in [2.24, 2.45) is 0 Å². The number of aliphatic hydroxyl groups is 1. The van der Waals surface area contributed by atoms with Crippen molar-refractivity contribution in [1.29, 1.82) is 0 Å². The summed E-state index contributed by atoms with van der Waals surface area (Å²) in [7, 11) is 0. The molecule has 2 aliphatic rings. The largest absolute Gasteiger partial charge is 0.447 e. The fraction of sp³-hybridized carbons (Fsp3) is 0.300. The maximum atomic E-state index is 13.2. The highest BCUT2D eigenvalue weighted by Gasteiger charge is 2.42. The van der Waals surface area contributed by atoms with Gasteiger partial charge in [0.2, 0.25) is 0 Å². The zero-order valence-corrected chi connectivity index (χ0v) is 14.2. The molecular formula is C20H20N2O4. The summed E-state index contributed by atoms with van der Waals surface area (Å²) >= 11 is 0. The molecule has 26 heavy (non-hydrogen) atoms. The number of benzene rings is 2. The first kappa shape index (κ1) is 16.6. The van der Waals surface area contributed by atoms with Crippen LogP contribution in [-0.2, 0) is 17.6 Å². The summed E-state index contributed by atoms with van der Waals surface area (Å²) in [5.74, 6) is 0. The molecule has 2 aromatic carbocycles. The van der Waals surface area contributed by atoms with Crippen LogP contribution in [0, 0.1) is 0 Å². The molecule has 1 saturated heterocycles. The Morgan fingerprint density at radius 1 is 1.12 bits per heavy atom. The summed E-state index contributed by atoms with van der Waals surface area (Å²) in [5, 5.41) is 10.2. The molecule has 1 N–H and O–H groups in total. The average molecular weight is 352 g/mol. The zero-order chi connectivity index (χ0) is 18.1. The number of aliphatic hydroxyl groups excluding tert-OH is 1. The van der Waals surface area contributed by atoms with E-state index in [0.29, 0.717) is 12.8 Å². The summed E-state index contributed by atoms with van der Waals surface area (Å²) in [6, 6.07) is 16.4. The monoisotopic (exact) mass is 352 g/mol. The van der Waals surface area contributed by atoms with Gasteiger partial charge in [-0.1, -0.05) is 48.5 Å². The van der Waals surface area contributed by atoms with E-state index in [0.717, 1.165) is 16.8 Å². The van der Waals surface area contributed by atoms with E-state index in [2.05, 4.69) is 0 Å². The van der Waals surface area contributed by atoms with E-state index in [1.807, 2.05) is 54.6 Å². The van der Waals surface area contributed by atoms with Crippen LogP contribution in [0.5, 0.6) is 0 Å². The Morgan fingerprint density at radius 3 is 2.65 bits per heavy atom. The molecule has 0 bridgehead atoms. The van der Waals surface area contributed by atoms with Crippen LogP contribution < -0.4 is 4.90 Å². The first-order valence-electron chi connectivity index (χ1n) is 8.71. The summed E-state index contributed by atoms with van der Waals surface area (Å²) in [5.41, 5.74) is 2.67. The molecule has 2 aliphatic heterocycles. The fourth-order valence-electron chi connectivity index (χ4n) is 3.62. The number of cyclic esters (lactones) is 1. The van der Waals surface area contributed by atoms with E-state index in [1.165, 1.54) is 9.80 Å². The normalized spacial score (nSPS) is 22.1. The van der Waals surface area contributed by atoms with Gasteiger partial charge in [-0.3, -0.25) is 4.90 Å². The van der Waals surface area contributed by atoms with Crippen LogP contribution in [0.1, 0.15) is 11.1 Å². The predicted octanol–water partition coefficient (Wildman–Crippen LogP) is 2.59. The van der Waals surface area contributed by atoms with Crippen molar-refractivity contribution in [3.8, 4) is 0 Å². The van der Waals surface area contributed by atoms with Gasteiger partial charge in [0.05, 0.1) is 18.7 Å². The van der Waals surface area contributed by atoms with Gasteiger partial charge in [0.1, 0.15) is 6.61 Å². The van der Waals surface area contributed by atoms with Gasteiger partial charge in [0, 0.05) is 12.1 Å². The third-order valence-electron chi connectivity index (χ3n) is 4.84. The average Bonchev–Trinajstić information content (AvgIpc) is 3.01. The molecule has 0 saturated carbocycles. The van der Waals surface area contributed by atoms with E-state index < -0.39 is 18.2 Å². The number of fused-ring (bicyclic) bond motifs is 1. The second kappa shape index (κ2) is 6.80. The summed E-state index contributed by atoms with van der Waals surface area (Å²) < 4.78 is 5.15. The summed E-state index contributed by atoms with van der Waals surface area (Å²) in [6.07, 6.45) is -0.248. The number of nitrogens with zero attached hydrogens (tertiary/aromatic N) is 2. The lowest BCUT2D eigenvalue weighted by Crippen LogP contribution is -2.52. The predicted molar refractivity (Wildman–Crippen MR) is 96.0 cm³/mol. The number of amides is 3. The van der Waals surface area contributed by atoms with Crippen molar-refractivity contribution in [2.75, 3.05) is 18.1 Å². The Labute approximate surface area is 151 Å². The molecule has 0 spiro atoms. The maximum absolute atomic E-state index is 13.2. The molecule has 4 rings (SSSR count). The minimum atomic E-state index is -0.653. The second-order valence-corrected chi connectivity index (χ2v) is 6.67. The van der Waals surface area contributed by atoms with Gasteiger partial charge in [-0.15, -0.1) is 0 Å². The molecule has 6 nitrogen and oxygen atoms in total. The molecule has 134 valence electrons. The van der Waals surface area contributed by atoms with Crippen LogP contribution in [0.2, 0.25) is 0 Å². The lowest BCUT2D eigenvalue weighted by molar-refractivity contribution is 0.153. The number of hydrogen-bond donors (Lipinski definition) is 1. The topological polar surface area (TPSA) is 70.1 Å². The second-order valence-electron chi connectivity index (χ2n) is 6.67. The molecule has 2 heterocycles. The van der Waals surface area contributed by atoms with E-state index in [4.69, 9.17) is 4.74 Å². The summed E-state index contributed by atoms with van der Waals surface area (Å²) in [4.78, 5) is 28.1. The molecule has 2 atom stereocenters. The van der Waals surface area contributed by atoms with Crippen LogP contribution in [0.3, 0.4) is 0 Å². The standard InChI is InChI=1S/C20H20N2O4/c23-17-11-15-8-4-5-9-18(15)21(12-17)19(24)22-16(13-26-20(22)25)10-14-6-2-1-3-7-14/h1-9,16-17,23H,10-13H2/t16-,17-/m0/s1. The molecule has 1 fully saturated rings. The molecule has 0 aliphatic carbocycles. The number of rotatable bonds is 2. The van der Waals surface area contributed by atoms with E-state index >= 15 is 0 Å². The third-order valence-corrected chi connectivity index (χ3v) is 4.84. The fourth-order valence-corrected chi connectivity index (χ4v) is 3.62. The molecule has 3 amide bonds. The van der Waals surface area contributed by atoms with E-state index in [-0.39, 0.29) is 19.2 Å². The number of carbonyl (C=O) groups is 2. The van der Waals surface area contributed by atoms with Gasteiger partial charge < -0.3 is 9.84 Å². The summed E-state index contributed by atoms with van der Waals surface area (Å²) in [6.45, 7) is 0.342. The van der Waals surface area contributed by atoms with Gasteiger partial charge in [-0.05, 0) is 23.6 Å². The zero-order valence-electron chi connectivity index (χ0n) is 14.2. The van der Waals surface area contributed by atoms with Crippen LogP contribution in [-0.4, -0.2) is 47.4 Å². The first-order valence-corrected chi connectivity index (χ1v) is 8.71. The smallest absolute Gasteiger partial charge is 0.418 e. The number of β-amino-alcohol motifs (C(OH)–C–C–N with tert-alkyl or cyclic N) is 1. The quantitative estimate of drug-likeness (QED) is 0.902. The molecule has 6 heteroatoms. The van der Waals surface area contributed by atoms with Crippen molar-refractivity contribution < 1.29 is 19.4 Å². The maximum Gasteiger partial charge on any atom is 0.418 e. The van der Waals surface area contributed by atoms with Gasteiger partial charge in [0.15, 0.2) is 0 Å². The molecule has 0 aromatic heterocycles. The number of ether oxygens (including phenoxy) is 1. The van der Waals surface area contributed by atoms with Crippen LogP contribution in [0.25, 0.3) is 0 Å². The first-order chi connectivity index (χ1) is 12.6. The Morgan fingerprint density at radius 2 is 1.85 bits per heavy atom. The van der Waals surface area contributed by atoms with Gasteiger partial charge in [-0.25, -0.2) is 14.5 Å². The highest BCUT2D eigenvalue weighted by Crippen LogP contribution is 2.29. The minimum absolute atomic E-state index is 0.164. The molecule has 2 aromatic rings. The number of carbonyl (C=O) groups excluding carboxylic acids is 2. The van der Waals surface area contributed by atoms with Crippen molar-refractivity contribution in [3.63, 3.8) is 0 Å².